The van der Waals surface area contributed by atoms with Gasteiger partial charge in [-0.1, -0.05) is 0 Å². The summed E-state index contributed by atoms with van der Waals surface area (Å²) in [6.07, 6.45) is 0.991. The fourth-order valence-corrected chi connectivity index (χ4v) is 0.898. The summed E-state index contributed by atoms with van der Waals surface area (Å²) in [6.45, 7) is 1.43. The van der Waals surface area contributed by atoms with E-state index in [0.29, 0.717) is 0 Å². The van der Waals surface area contributed by atoms with Crippen molar-refractivity contribution < 1.29 is 19.4 Å². The summed E-state index contributed by atoms with van der Waals surface area (Å²) in [5.41, 5.74) is 0.401. The Morgan fingerprint density at radius 1 is 1.31 bits per heavy atom. The molecule has 0 saturated heterocycles. The number of rotatable bonds is 3. The predicted molar refractivity (Wildman–Crippen MR) is 58.1 cm³/mol. The average Bonchev–Trinajstić information content (AvgIpc) is 2.26. The van der Waals surface area contributed by atoms with Crippen LogP contribution in [-0.2, 0) is 9.53 Å². The summed E-state index contributed by atoms with van der Waals surface area (Å²) >= 11 is 5.15. The fourth-order valence-electron chi connectivity index (χ4n) is 0.854. The van der Waals surface area contributed by atoms with Crippen molar-refractivity contribution >= 4 is 22.8 Å². The maximum atomic E-state index is 11.4. The Morgan fingerprint density at radius 3 is 2.38 bits per heavy atom. The number of carbonyl (C=O) groups excluding carboxylic acids is 2. The minimum Gasteiger partial charge on any atom is -0.508 e. The molecule has 0 saturated carbocycles. The van der Waals surface area contributed by atoms with Gasteiger partial charge in [0.1, 0.15) is 12.0 Å². The summed E-state index contributed by atoms with van der Waals surface area (Å²) in [7, 11) is 0. The van der Waals surface area contributed by atoms with Crippen LogP contribution >= 0.6 is 11.6 Å². The molecule has 0 amide bonds. The zero-order valence-electron chi connectivity index (χ0n) is 8.44. The van der Waals surface area contributed by atoms with Crippen LogP contribution in [-0.4, -0.2) is 16.3 Å². The first kappa shape index (κ1) is 12.3. The van der Waals surface area contributed by atoms with Gasteiger partial charge >= 0.3 is 5.97 Å². The molecule has 16 heavy (non-hydrogen) atoms. The number of esters is 1. The quantitative estimate of drug-likeness (QED) is 0.381. The first-order valence-electron chi connectivity index (χ1n) is 4.37. The van der Waals surface area contributed by atoms with Gasteiger partial charge < -0.3 is 9.84 Å². The SMILES string of the molecule is C/C(=C/OC(=O)c1ccc(O)cc1)C(=O)Cl. The Morgan fingerprint density at radius 2 is 1.88 bits per heavy atom. The van der Waals surface area contributed by atoms with Crippen LogP contribution in [0.5, 0.6) is 5.75 Å². The summed E-state index contributed by atoms with van der Waals surface area (Å²) in [6, 6.07) is 5.53. The predicted octanol–water partition coefficient (Wildman–Crippen LogP) is 2.22. The second-order valence-corrected chi connectivity index (χ2v) is 3.37. The number of carbonyl (C=O) groups is 2. The van der Waals surface area contributed by atoms with E-state index < -0.39 is 11.2 Å². The lowest BCUT2D eigenvalue weighted by Gasteiger charge is -2.00. The minimum absolute atomic E-state index is 0.0548. The number of hydrogen-bond acceptors (Lipinski definition) is 4. The van der Waals surface area contributed by atoms with Crippen LogP contribution in [0.1, 0.15) is 17.3 Å². The van der Waals surface area contributed by atoms with E-state index in [1.807, 2.05) is 0 Å². The van der Waals surface area contributed by atoms with Crippen LogP contribution < -0.4 is 0 Å². The number of aromatic hydroxyl groups is 1. The number of hydrogen-bond donors (Lipinski definition) is 1. The number of allylic oxidation sites excluding steroid dienone is 1. The summed E-state index contributed by atoms with van der Waals surface area (Å²) < 4.78 is 4.70. The fraction of sp³-hybridized carbons (Fsp3) is 0.0909. The van der Waals surface area contributed by atoms with Gasteiger partial charge in [-0.2, -0.15) is 0 Å². The Hall–Kier alpha value is -1.81. The Labute approximate surface area is 97.1 Å². The molecule has 0 fully saturated rings. The monoisotopic (exact) mass is 240 g/mol. The van der Waals surface area contributed by atoms with Gasteiger partial charge in [-0.05, 0) is 42.8 Å². The molecule has 84 valence electrons. The molecule has 0 heterocycles. The Balaban J connectivity index is 2.70. The highest BCUT2D eigenvalue weighted by atomic mass is 35.5. The van der Waals surface area contributed by atoms with Crippen molar-refractivity contribution in [3.63, 3.8) is 0 Å². The third-order valence-corrected chi connectivity index (χ3v) is 2.05. The minimum atomic E-state index is -0.682. The molecule has 5 heteroatoms. The summed E-state index contributed by atoms with van der Waals surface area (Å²) in [5, 5.41) is 8.32. The molecule has 0 bridgehead atoms. The van der Waals surface area contributed by atoms with Gasteiger partial charge in [-0.3, -0.25) is 4.79 Å². The summed E-state index contributed by atoms with van der Waals surface area (Å²) in [4.78, 5) is 22.0. The van der Waals surface area contributed by atoms with E-state index in [2.05, 4.69) is 0 Å². The highest BCUT2D eigenvalue weighted by Crippen LogP contribution is 2.11. The van der Waals surface area contributed by atoms with Crippen LogP contribution in [0, 0.1) is 0 Å². The van der Waals surface area contributed by atoms with Crippen molar-refractivity contribution in [3.05, 3.63) is 41.7 Å². The van der Waals surface area contributed by atoms with E-state index in [4.69, 9.17) is 21.4 Å². The third kappa shape index (κ3) is 3.40. The molecule has 0 radical (unpaired) electrons. The molecule has 1 rings (SSSR count). The number of ether oxygens (including phenoxy) is 1. The molecule has 0 unspecified atom stereocenters. The van der Waals surface area contributed by atoms with Gasteiger partial charge in [0.25, 0.3) is 5.24 Å². The largest absolute Gasteiger partial charge is 0.508 e. The standard InChI is InChI=1S/C11H9ClO4/c1-7(10(12)14)6-16-11(15)8-2-4-9(13)5-3-8/h2-6,13H,1H3/b7-6-. The van der Waals surface area contributed by atoms with Gasteiger partial charge in [0, 0.05) is 5.57 Å². The van der Waals surface area contributed by atoms with Crippen molar-refractivity contribution in [1.82, 2.24) is 0 Å². The van der Waals surface area contributed by atoms with Crippen molar-refractivity contribution in [2.24, 2.45) is 0 Å². The third-order valence-electron chi connectivity index (χ3n) is 1.76. The molecule has 0 atom stereocenters. The zero-order valence-corrected chi connectivity index (χ0v) is 9.19. The number of phenolic OH excluding ortho intramolecular Hbond substituents is 1. The lowest BCUT2D eigenvalue weighted by molar-refractivity contribution is -0.108. The first-order valence-corrected chi connectivity index (χ1v) is 4.75. The maximum Gasteiger partial charge on any atom is 0.342 e. The molecule has 0 aromatic heterocycles. The van der Waals surface area contributed by atoms with Crippen LogP contribution in [0.2, 0.25) is 0 Å². The van der Waals surface area contributed by atoms with Crippen LogP contribution in [0.25, 0.3) is 0 Å². The van der Waals surface area contributed by atoms with Gasteiger partial charge in [0.05, 0.1) is 5.56 Å². The molecular formula is C11H9ClO4. The van der Waals surface area contributed by atoms with Crippen LogP contribution in [0.4, 0.5) is 0 Å². The van der Waals surface area contributed by atoms with Gasteiger partial charge in [0.15, 0.2) is 0 Å². The van der Waals surface area contributed by atoms with Gasteiger partial charge in [-0.25, -0.2) is 4.79 Å². The van der Waals surface area contributed by atoms with Crippen molar-refractivity contribution in [2.75, 3.05) is 0 Å². The highest BCUT2D eigenvalue weighted by Gasteiger charge is 2.06. The van der Waals surface area contributed by atoms with E-state index in [0.717, 1.165) is 6.26 Å². The number of halogens is 1. The molecule has 1 aromatic rings. The Bertz CT molecular complexity index is 434. The van der Waals surface area contributed by atoms with Crippen LogP contribution in [0.15, 0.2) is 36.1 Å². The van der Waals surface area contributed by atoms with E-state index in [1.54, 1.807) is 0 Å². The van der Waals surface area contributed by atoms with Crippen LogP contribution in [0.3, 0.4) is 0 Å². The first-order chi connectivity index (χ1) is 7.50. The van der Waals surface area contributed by atoms with E-state index in [9.17, 15) is 9.59 Å². The second-order valence-electron chi connectivity index (χ2n) is 3.03. The second kappa shape index (κ2) is 5.32. The molecule has 0 aliphatic rings. The van der Waals surface area contributed by atoms with E-state index >= 15 is 0 Å². The smallest absolute Gasteiger partial charge is 0.342 e. The highest BCUT2D eigenvalue weighted by molar-refractivity contribution is 6.67. The molecule has 0 aliphatic heterocycles. The van der Waals surface area contributed by atoms with Crippen molar-refractivity contribution in [3.8, 4) is 5.75 Å². The topological polar surface area (TPSA) is 63.6 Å². The molecule has 1 aromatic carbocycles. The zero-order chi connectivity index (χ0) is 12.1. The van der Waals surface area contributed by atoms with E-state index in [1.165, 1.54) is 31.2 Å². The lowest BCUT2D eigenvalue weighted by atomic mass is 10.2. The molecule has 4 nitrogen and oxygen atoms in total. The molecule has 1 N–H and O–H groups in total. The number of phenols is 1. The summed E-state index contributed by atoms with van der Waals surface area (Å²) in [5.74, 6) is -0.573. The molecular weight excluding hydrogens is 232 g/mol. The van der Waals surface area contributed by atoms with Gasteiger partial charge in [-0.15, -0.1) is 0 Å². The number of benzene rings is 1. The molecule has 0 aliphatic carbocycles. The van der Waals surface area contributed by atoms with Crippen molar-refractivity contribution in [1.29, 1.82) is 0 Å². The average molecular weight is 241 g/mol. The normalized spacial score (nSPS) is 11.0. The lowest BCUT2D eigenvalue weighted by Crippen LogP contribution is -2.01. The van der Waals surface area contributed by atoms with Gasteiger partial charge in [0.2, 0.25) is 0 Å². The maximum absolute atomic E-state index is 11.4. The molecule has 0 spiro atoms. The van der Waals surface area contributed by atoms with E-state index in [-0.39, 0.29) is 16.9 Å². The van der Waals surface area contributed by atoms with Crippen molar-refractivity contribution in [2.45, 2.75) is 6.92 Å². The Kier molecular flexibility index (Phi) is 4.08.